The average molecular weight is 611 g/mol. The highest BCUT2D eigenvalue weighted by atomic mass is 32.2. The molecule has 0 radical (unpaired) electrons. The van der Waals surface area contributed by atoms with Crippen LogP contribution in [0.25, 0.3) is 22.3 Å². The zero-order valence-corrected chi connectivity index (χ0v) is 25.1. The molecule has 6 rings (SSSR count). The molecule has 2 aliphatic heterocycles. The quantitative estimate of drug-likeness (QED) is 0.104. The summed E-state index contributed by atoms with van der Waals surface area (Å²) >= 11 is 1.61. The average Bonchev–Trinajstić information content (AvgIpc) is 3.35. The number of fused-ring (bicyclic) bond motifs is 3. The van der Waals surface area contributed by atoms with Crippen LogP contribution in [0.1, 0.15) is 12.0 Å². The molecule has 218 valence electrons. The molecule has 10 heteroatoms. The highest BCUT2D eigenvalue weighted by Crippen LogP contribution is 2.45. The van der Waals surface area contributed by atoms with E-state index in [1.165, 1.54) is 0 Å². The summed E-state index contributed by atoms with van der Waals surface area (Å²) in [7, 11) is -2.23. The van der Waals surface area contributed by atoms with E-state index in [0.717, 1.165) is 60.2 Å². The number of aliphatic imine (C=N–C) groups is 1. The maximum atomic E-state index is 11.2. The van der Waals surface area contributed by atoms with Crippen molar-refractivity contribution in [3.8, 4) is 11.3 Å². The van der Waals surface area contributed by atoms with E-state index in [0.29, 0.717) is 19.5 Å². The second-order valence-electron chi connectivity index (χ2n) is 10.1. The summed E-state index contributed by atoms with van der Waals surface area (Å²) in [5.41, 5.74) is 5.79. The molecular formula is C33H30N4O4S2. The van der Waals surface area contributed by atoms with Crippen molar-refractivity contribution in [2.45, 2.75) is 17.9 Å². The van der Waals surface area contributed by atoms with Gasteiger partial charge in [-0.15, -0.1) is 0 Å². The summed E-state index contributed by atoms with van der Waals surface area (Å²) < 4.78 is 37.7. The Morgan fingerprint density at radius 2 is 1.84 bits per heavy atom. The molecule has 0 saturated heterocycles. The highest BCUT2D eigenvalue weighted by molar-refractivity contribution is 8.03. The van der Waals surface area contributed by atoms with Gasteiger partial charge in [-0.05, 0) is 72.7 Å². The van der Waals surface area contributed by atoms with Gasteiger partial charge in [-0.3, -0.25) is 14.5 Å². The van der Waals surface area contributed by atoms with E-state index < -0.39 is 10.1 Å². The molecule has 0 aromatic heterocycles. The lowest BCUT2D eigenvalue weighted by Gasteiger charge is -2.19. The summed E-state index contributed by atoms with van der Waals surface area (Å²) in [4.78, 5) is 12.0. The molecule has 3 aromatic carbocycles. The predicted molar refractivity (Wildman–Crippen MR) is 175 cm³/mol. The summed E-state index contributed by atoms with van der Waals surface area (Å²) in [6, 6.07) is 30.2. The summed E-state index contributed by atoms with van der Waals surface area (Å²) in [5, 5.41) is 6.35. The normalized spacial score (nSPS) is 14.8. The van der Waals surface area contributed by atoms with E-state index in [9.17, 15) is 8.42 Å². The van der Waals surface area contributed by atoms with Crippen LogP contribution < -0.4 is 15.6 Å². The van der Waals surface area contributed by atoms with Crippen LogP contribution in [0, 0.1) is 0 Å². The first-order valence-electron chi connectivity index (χ1n) is 13.8. The first-order valence-corrected chi connectivity index (χ1v) is 16.2. The zero-order chi connectivity index (χ0) is 29.8. The number of rotatable bonds is 9. The van der Waals surface area contributed by atoms with Crippen molar-refractivity contribution in [1.82, 2.24) is 0 Å². The zero-order valence-electron chi connectivity index (χ0n) is 23.5. The van der Waals surface area contributed by atoms with Gasteiger partial charge in [0, 0.05) is 60.0 Å². The minimum atomic E-state index is -4.00. The van der Waals surface area contributed by atoms with Crippen molar-refractivity contribution in [2.24, 2.45) is 9.98 Å². The lowest BCUT2D eigenvalue weighted by atomic mass is 10.1. The van der Waals surface area contributed by atoms with Gasteiger partial charge in [0.25, 0.3) is 10.1 Å². The fraction of sp³-hybridized carbons (Fsp3) is 0.152. The Morgan fingerprint density at radius 3 is 2.65 bits per heavy atom. The lowest BCUT2D eigenvalue weighted by Crippen LogP contribution is -2.21. The molecule has 0 fully saturated rings. The monoisotopic (exact) mass is 610 g/mol. The van der Waals surface area contributed by atoms with Gasteiger partial charge >= 0.3 is 0 Å². The molecule has 0 spiro atoms. The Bertz CT molecular complexity index is 1980. The van der Waals surface area contributed by atoms with Crippen molar-refractivity contribution >= 4 is 56.1 Å². The van der Waals surface area contributed by atoms with E-state index in [2.05, 4.69) is 38.4 Å². The Kier molecular flexibility index (Phi) is 8.33. The summed E-state index contributed by atoms with van der Waals surface area (Å²) in [5.74, 6) is 0.531. The van der Waals surface area contributed by atoms with Gasteiger partial charge < -0.3 is 14.6 Å². The SMILES string of the molecule is CN=c1ccc2cc3ccc(NCc4ccc(N=C/C=C5\Sc6ccccc6N5CCCS(=O)(=O)O)cc4)cc3oc-2c1. The molecular weight excluding hydrogens is 581 g/mol. The largest absolute Gasteiger partial charge is 0.456 e. The third-order valence-corrected chi connectivity index (χ3v) is 9.03. The first-order chi connectivity index (χ1) is 20.8. The maximum Gasteiger partial charge on any atom is 0.264 e. The fourth-order valence-electron chi connectivity index (χ4n) is 4.91. The third kappa shape index (κ3) is 6.99. The third-order valence-electron chi connectivity index (χ3n) is 7.09. The van der Waals surface area contributed by atoms with Gasteiger partial charge in [-0.1, -0.05) is 36.0 Å². The van der Waals surface area contributed by atoms with Gasteiger partial charge in [0.2, 0.25) is 0 Å². The van der Waals surface area contributed by atoms with Gasteiger partial charge in [0.05, 0.1) is 27.5 Å². The minimum Gasteiger partial charge on any atom is -0.456 e. The maximum absolute atomic E-state index is 11.2. The topological polar surface area (TPSA) is 108 Å². The van der Waals surface area contributed by atoms with Crippen LogP contribution in [0.3, 0.4) is 0 Å². The Balaban J connectivity index is 1.10. The van der Waals surface area contributed by atoms with Crippen LogP contribution in [0.2, 0.25) is 0 Å². The number of hydrogen-bond acceptors (Lipinski definition) is 8. The minimum absolute atomic E-state index is 0.275. The highest BCUT2D eigenvalue weighted by Gasteiger charge is 2.24. The number of nitrogens with zero attached hydrogens (tertiary/aromatic N) is 3. The van der Waals surface area contributed by atoms with E-state index >= 15 is 0 Å². The molecule has 0 amide bonds. The van der Waals surface area contributed by atoms with Gasteiger partial charge in [-0.2, -0.15) is 8.42 Å². The van der Waals surface area contributed by atoms with E-state index in [-0.39, 0.29) is 5.75 Å². The Labute approximate surface area is 254 Å². The second kappa shape index (κ2) is 12.5. The molecule has 2 heterocycles. The van der Waals surface area contributed by atoms with Crippen LogP contribution >= 0.6 is 11.8 Å². The van der Waals surface area contributed by atoms with Crippen LogP contribution in [-0.2, 0) is 16.7 Å². The van der Waals surface area contributed by atoms with Gasteiger partial charge in [-0.25, -0.2) is 0 Å². The number of nitrogens with one attached hydrogen (secondary N) is 1. The van der Waals surface area contributed by atoms with Crippen molar-refractivity contribution in [1.29, 1.82) is 0 Å². The standard InChI is InChI=1S/C33H30N4O4S2/c1-34-27-13-9-24-19-25-10-14-28(21-31(25)41-30(24)20-27)36-22-23-7-11-26(12-8-23)35-16-15-33-37(17-4-18-43(38,39)40)29-5-2-3-6-32(29)42-33/h2-3,5-16,19-21,36H,4,17-18,22H2,1H3,(H,38,39,40)/b33-15-,34-27?,35-16?. The Morgan fingerprint density at radius 1 is 1.00 bits per heavy atom. The van der Waals surface area contributed by atoms with Crippen molar-refractivity contribution in [3.05, 3.63) is 113 Å². The van der Waals surface area contributed by atoms with Crippen molar-refractivity contribution in [2.75, 3.05) is 29.6 Å². The fourth-order valence-corrected chi connectivity index (χ4v) is 6.49. The van der Waals surface area contributed by atoms with Crippen LogP contribution in [0.5, 0.6) is 0 Å². The molecule has 43 heavy (non-hydrogen) atoms. The van der Waals surface area contributed by atoms with Crippen molar-refractivity contribution in [3.63, 3.8) is 0 Å². The van der Waals surface area contributed by atoms with Crippen LogP contribution in [-0.4, -0.2) is 38.5 Å². The molecule has 3 aromatic rings. The molecule has 0 unspecified atom stereocenters. The molecule has 1 aliphatic carbocycles. The number of allylic oxidation sites excluding steroid dienone is 1. The second-order valence-corrected chi connectivity index (χ2v) is 12.7. The number of para-hydroxylation sites is 1. The summed E-state index contributed by atoms with van der Waals surface area (Å²) in [6.07, 6.45) is 4.01. The van der Waals surface area contributed by atoms with Crippen LogP contribution in [0.15, 0.2) is 121 Å². The Hall–Kier alpha value is -4.38. The first kappa shape index (κ1) is 28.7. The molecule has 2 N–H and O–H groups in total. The molecule has 0 bridgehead atoms. The van der Waals surface area contributed by atoms with Crippen molar-refractivity contribution < 1.29 is 17.4 Å². The molecule has 0 atom stereocenters. The number of anilines is 2. The number of benzene rings is 4. The molecule has 0 saturated carbocycles. The predicted octanol–water partition coefficient (Wildman–Crippen LogP) is 7.11. The smallest absolute Gasteiger partial charge is 0.264 e. The molecule has 8 nitrogen and oxygen atoms in total. The summed E-state index contributed by atoms with van der Waals surface area (Å²) in [6.45, 7) is 1.13. The van der Waals surface area contributed by atoms with Crippen LogP contribution in [0.4, 0.5) is 17.1 Å². The lowest BCUT2D eigenvalue weighted by molar-refractivity contribution is 0.481. The van der Waals surface area contributed by atoms with E-state index in [1.54, 1.807) is 25.0 Å². The van der Waals surface area contributed by atoms with E-state index in [4.69, 9.17) is 8.97 Å². The van der Waals surface area contributed by atoms with E-state index in [1.807, 2.05) is 78.9 Å². The van der Waals surface area contributed by atoms with Gasteiger partial charge in [0.1, 0.15) is 11.3 Å². The molecule has 3 aliphatic rings. The number of thioether (sulfide) groups is 1. The van der Waals surface area contributed by atoms with Gasteiger partial charge in [0.15, 0.2) is 0 Å². The number of hydrogen-bond donors (Lipinski definition) is 2.